The molecule has 1 aromatic carbocycles. The molecule has 0 amide bonds. The van der Waals surface area contributed by atoms with Gasteiger partial charge in [-0.2, -0.15) is 0 Å². The maximum Gasteiger partial charge on any atom is 0.162 e. The summed E-state index contributed by atoms with van der Waals surface area (Å²) in [7, 11) is 0. The van der Waals surface area contributed by atoms with Crippen LogP contribution < -0.4 is 4.74 Å². The normalized spacial score (nSPS) is 25.6. The largest absolute Gasteiger partial charge is 0.490 e. The van der Waals surface area contributed by atoms with Crippen LogP contribution in [-0.4, -0.2) is 6.10 Å². The summed E-state index contributed by atoms with van der Waals surface area (Å²) in [5.41, 5.74) is 0. The second-order valence-electron chi connectivity index (χ2n) is 3.89. The van der Waals surface area contributed by atoms with Crippen molar-refractivity contribution in [3.63, 3.8) is 0 Å². The summed E-state index contributed by atoms with van der Waals surface area (Å²) in [6, 6.07) is 3.65. The molecule has 1 aliphatic rings. The highest BCUT2D eigenvalue weighted by molar-refractivity contribution is 5.24. The van der Waals surface area contributed by atoms with Gasteiger partial charge in [0.1, 0.15) is 5.75 Å². The third-order valence-electron chi connectivity index (χ3n) is 2.52. The van der Waals surface area contributed by atoms with Crippen molar-refractivity contribution in [3.05, 3.63) is 29.8 Å². The lowest BCUT2D eigenvalue weighted by Crippen LogP contribution is -2.31. The molecule has 0 radical (unpaired) electrons. The van der Waals surface area contributed by atoms with Gasteiger partial charge in [0.15, 0.2) is 11.6 Å². The topological polar surface area (TPSA) is 9.23 Å². The molecule has 1 aliphatic carbocycles. The molecular weight excluding hydrogens is 186 g/mol. The summed E-state index contributed by atoms with van der Waals surface area (Å²) < 4.78 is 30.8. The summed E-state index contributed by atoms with van der Waals surface area (Å²) >= 11 is 0. The molecule has 1 saturated carbocycles. The Morgan fingerprint density at radius 2 is 1.93 bits per heavy atom. The Bertz CT molecular complexity index is 332. The first-order valence-corrected chi connectivity index (χ1v) is 4.77. The second kappa shape index (κ2) is 3.56. The minimum absolute atomic E-state index is 0.176. The van der Waals surface area contributed by atoms with Gasteiger partial charge in [-0.3, -0.25) is 0 Å². The van der Waals surface area contributed by atoms with E-state index in [9.17, 15) is 8.78 Å². The molecule has 0 unspecified atom stereocenters. The highest BCUT2D eigenvalue weighted by Gasteiger charge is 2.27. The zero-order valence-electron chi connectivity index (χ0n) is 7.97. The third-order valence-corrected chi connectivity index (χ3v) is 2.52. The monoisotopic (exact) mass is 198 g/mol. The summed E-state index contributed by atoms with van der Waals surface area (Å²) in [4.78, 5) is 0. The number of hydrogen-bond acceptors (Lipinski definition) is 1. The average Bonchev–Trinajstić information content (AvgIpc) is 2.09. The predicted octanol–water partition coefficient (Wildman–Crippen LogP) is 3.14. The van der Waals surface area contributed by atoms with Crippen LogP contribution in [0.3, 0.4) is 0 Å². The maximum atomic E-state index is 12.8. The van der Waals surface area contributed by atoms with E-state index in [1.165, 1.54) is 6.07 Å². The fourth-order valence-electron chi connectivity index (χ4n) is 1.67. The van der Waals surface area contributed by atoms with Crippen LogP contribution in [0, 0.1) is 17.6 Å². The standard InChI is InChI=1S/C11H12F2O/c1-7-4-9(5-7)14-8-2-3-10(12)11(13)6-8/h2-3,6-7,9H,4-5H2,1H3. The van der Waals surface area contributed by atoms with Crippen LogP contribution in [0.5, 0.6) is 5.75 Å². The van der Waals surface area contributed by atoms with E-state index in [-0.39, 0.29) is 6.10 Å². The second-order valence-corrected chi connectivity index (χ2v) is 3.89. The Morgan fingerprint density at radius 1 is 1.21 bits per heavy atom. The molecule has 0 N–H and O–H groups in total. The van der Waals surface area contributed by atoms with Gasteiger partial charge < -0.3 is 4.74 Å². The number of ether oxygens (including phenoxy) is 1. The number of benzene rings is 1. The first kappa shape index (κ1) is 9.44. The van der Waals surface area contributed by atoms with Crippen molar-refractivity contribution >= 4 is 0 Å². The van der Waals surface area contributed by atoms with Crippen molar-refractivity contribution in [3.8, 4) is 5.75 Å². The molecule has 1 fully saturated rings. The molecule has 2 rings (SSSR count). The summed E-state index contributed by atoms with van der Waals surface area (Å²) in [6.45, 7) is 2.14. The third kappa shape index (κ3) is 1.86. The van der Waals surface area contributed by atoms with Crippen LogP contribution in [0.1, 0.15) is 19.8 Å². The lowest BCUT2D eigenvalue weighted by atomic mass is 9.84. The molecule has 3 heteroatoms. The van der Waals surface area contributed by atoms with E-state index >= 15 is 0 Å². The summed E-state index contributed by atoms with van der Waals surface area (Å²) in [6.07, 6.45) is 2.17. The smallest absolute Gasteiger partial charge is 0.162 e. The van der Waals surface area contributed by atoms with Gasteiger partial charge in [0.2, 0.25) is 0 Å². The molecule has 1 nitrogen and oxygen atoms in total. The zero-order chi connectivity index (χ0) is 10.1. The van der Waals surface area contributed by atoms with E-state index in [2.05, 4.69) is 6.92 Å². The molecule has 0 spiro atoms. The molecule has 14 heavy (non-hydrogen) atoms. The minimum Gasteiger partial charge on any atom is -0.490 e. The highest BCUT2D eigenvalue weighted by Crippen LogP contribution is 2.30. The molecule has 0 saturated heterocycles. The van der Waals surface area contributed by atoms with Crippen LogP contribution in [0.25, 0.3) is 0 Å². The van der Waals surface area contributed by atoms with Crippen molar-refractivity contribution in [2.75, 3.05) is 0 Å². The van der Waals surface area contributed by atoms with Gasteiger partial charge in [-0.15, -0.1) is 0 Å². The van der Waals surface area contributed by atoms with E-state index in [4.69, 9.17) is 4.74 Å². The zero-order valence-corrected chi connectivity index (χ0v) is 7.97. The molecule has 1 aromatic rings. The van der Waals surface area contributed by atoms with Gasteiger partial charge in [0, 0.05) is 6.07 Å². The Hall–Kier alpha value is -1.12. The van der Waals surface area contributed by atoms with Gasteiger partial charge in [-0.1, -0.05) is 6.92 Å². The number of halogens is 2. The van der Waals surface area contributed by atoms with Gasteiger partial charge in [0.25, 0.3) is 0 Å². The molecule has 0 aliphatic heterocycles. The van der Waals surface area contributed by atoms with Crippen molar-refractivity contribution < 1.29 is 13.5 Å². The maximum absolute atomic E-state index is 12.8. The quantitative estimate of drug-likeness (QED) is 0.709. The summed E-state index contributed by atoms with van der Waals surface area (Å²) in [5.74, 6) is -0.583. The lowest BCUT2D eigenvalue weighted by molar-refractivity contribution is 0.0734. The van der Waals surface area contributed by atoms with Gasteiger partial charge in [-0.25, -0.2) is 8.78 Å². The Labute approximate surface area is 81.7 Å². The molecule has 0 aromatic heterocycles. The Balaban J connectivity index is 2.00. The van der Waals surface area contributed by atoms with Crippen LogP contribution >= 0.6 is 0 Å². The van der Waals surface area contributed by atoms with Crippen LogP contribution in [0.2, 0.25) is 0 Å². The highest BCUT2D eigenvalue weighted by atomic mass is 19.2. The Kier molecular flexibility index (Phi) is 2.40. The van der Waals surface area contributed by atoms with E-state index in [1.54, 1.807) is 0 Å². The molecule has 76 valence electrons. The SMILES string of the molecule is CC1CC(Oc2ccc(F)c(F)c2)C1. The number of hydrogen-bond donors (Lipinski definition) is 0. The van der Waals surface area contributed by atoms with Crippen LogP contribution in [0.4, 0.5) is 8.78 Å². The lowest BCUT2D eigenvalue weighted by Gasteiger charge is -2.32. The fourth-order valence-corrected chi connectivity index (χ4v) is 1.67. The number of rotatable bonds is 2. The minimum atomic E-state index is -0.852. The average molecular weight is 198 g/mol. The van der Waals surface area contributed by atoms with E-state index in [0.717, 1.165) is 25.0 Å². The Morgan fingerprint density at radius 3 is 2.50 bits per heavy atom. The van der Waals surface area contributed by atoms with E-state index in [0.29, 0.717) is 11.7 Å². The van der Waals surface area contributed by atoms with Crippen molar-refractivity contribution in [2.45, 2.75) is 25.9 Å². The fraction of sp³-hybridized carbons (Fsp3) is 0.455. The molecule has 0 heterocycles. The van der Waals surface area contributed by atoms with Crippen molar-refractivity contribution in [2.24, 2.45) is 5.92 Å². The molecule has 0 bridgehead atoms. The van der Waals surface area contributed by atoms with Crippen LogP contribution in [-0.2, 0) is 0 Å². The molecular formula is C11H12F2O. The van der Waals surface area contributed by atoms with E-state index in [1.807, 2.05) is 0 Å². The first-order valence-electron chi connectivity index (χ1n) is 4.77. The van der Waals surface area contributed by atoms with Gasteiger partial charge in [0.05, 0.1) is 6.10 Å². The van der Waals surface area contributed by atoms with E-state index < -0.39 is 11.6 Å². The van der Waals surface area contributed by atoms with Gasteiger partial charge in [-0.05, 0) is 30.9 Å². The summed E-state index contributed by atoms with van der Waals surface area (Å²) in [5, 5.41) is 0. The first-order chi connectivity index (χ1) is 6.65. The van der Waals surface area contributed by atoms with Crippen molar-refractivity contribution in [1.82, 2.24) is 0 Å². The van der Waals surface area contributed by atoms with Gasteiger partial charge >= 0.3 is 0 Å². The molecule has 0 atom stereocenters. The van der Waals surface area contributed by atoms with Crippen LogP contribution in [0.15, 0.2) is 18.2 Å². The van der Waals surface area contributed by atoms with Crippen molar-refractivity contribution in [1.29, 1.82) is 0 Å². The predicted molar refractivity (Wildman–Crippen MR) is 49.2 cm³/mol.